The molecule has 270 valence electrons. The van der Waals surface area contributed by atoms with E-state index in [2.05, 4.69) is 140 Å². The van der Waals surface area contributed by atoms with Crippen LogP contribution in [0.1, 0.15) is 0 Å². The molecule has 0 saturated heterocycles. The van der Waals surface area contributed by atoms with Gasteiger partial charge < -0.3 is 4.42 Å². The Morgan fingerprint density at radius 1 is 0.397 bits per heavy atom. The minimum absolute atomic E-state index is 0.603. The van der Waals surface area contributed by atoms with E-state index in [1.165, 1.54) is 25.7 Å². The summed E-state index contributed by atoms with van der Waals surface area (Å²) in [4.78, 5) is 20.4. The first-order chi connectivity index (χ1) is 28.7. The summed E-state index contributed by atoms with van der Waals surface area (Å²) in [6, 6.07) is 63.2. The maximum atomic E-state index is 6.58. The number of nitrogens with zero attached hydrogens (tertiary/aromatic N) is 4. The van der Waals surface area contributed by atoms with Gasteiger partial charge in [-0.15, -0.1) is 11.3 Å². The largest absolute Gasteiger partial charge is 0.455 e. The second-order valence-corrected chi connectivity index (χ2v) is 15.6. The first kappa shape index (κ1) is 32.7. The number of para-hydroxylation sites is 1. The van der Waals surface area contributed by atoms with Crippen molar-refractivity contribution in [2.45, 2.75) is 0 Å². The second-order valence-electron chi connectivity index (χ2n) is 14.6. The Labute approximate surface area is 336 Å². The number of hydrogen-bond donors (Lipinski definition) is 0. The fourth-order valence-corrected chi connectivity index (χ4v) is 9.50. The topological polar surface area (TPSA) is 64.7 Å². The van der Waals surface area contributed by atoms with Crippen LogP contribution >= 0.6 is 11.3 Å². The van der Waals surface area contributed by atoms with Crippen molar-refractivity contribution in [2.75, 3.05) is 0 Å². The molecule has 0 aliphatic carbocycles. The van der Waals surface area contributed by atoms with Crippen LogP contribution in [0.25, 0.3) is 120 Å². The molecule has 0 radical (unpaired) electrons. The highest BCUT2D eigenvalue weighted by Gasteiger charge is 2.19. The lowest BCUT2D eigenvalue weighted by molar-refractivity contribution is 0.672. The smallest absolute Gasteiger partial charge is 0.164 e. The molecular weight excluding hydrogens is 729 g/mol. The van der Waals surface area contributed by atoms with Crippen LogP contribution in [0.15, 0.2) is 186 Å². The number of fused-ring (bicyclic) bond motifs is 9. The second kappa shape index (κ2) is 13.0. The number of hydrogen-bond acceptors (Lipinski definition) is 6. The minimum Gasteiger partial charge on any atom is -0.455 e. The predicted octanol–water partition coefficient (Wildman–Crippen LogP) is 14.2. The van der Waals surface area contributed by atoms with Crippen molar-refractivity contribution in [1.82, 2.24) is 19.9 Å². The van der Waals surface area contributed by atoms with Gasteiger partial charge in [0.2, 0.25) is 0 Å². The van der Waals surface area contributed by atoms with E-state index in [-0.39, 0.29) is 0 Å². The minimum atomic E-state index is 0.603. The average Bonchev–Trinajstić information content (AvgIpc) is 3.88. The number of thiophene rings is 1. The highest BCUT2D eigenvalue weighted by atomic mass is 32.1. The van der Waals surface area contributed by atoms with Crippen molar-refractivity contribution < 1.29 is 4.42 Å². The molecule has 0 spiro atoms. The molecule has 0 saturated carbocycles. The molecule has 0 atom stereocenters. The van der Waals surface area contributed by atoms with E-state index in [9.17, 15) is 0 Å². The fraction of sp³-hybridized carbons (Fsp3) is 0. The summed E-state index contributed by atoms with van der Waals surface area (Å²) in [5.41, 5.74) is 9.56. The Kier molecular flexibility index (Phi) is 7.33. The van der Waals surface area contributed by atoms with E-state index in [4.69, 9.17) is 24.4 Å². The third kappa shape index (κ3) is 5.30. The monoisotopic (exact) mass is 758 g/mol. The zero-order valence-electron chi connectivity index (χ0n) is 30.9. The Bertz CT molecular complexity index is 3550. The molecule has 0 aliphatic heterocycles. The molecule has 0 bridgehead atoms. The molecule has 5 nitrogen and oxygen atoms in total. The summed E-state index contributed by atoms with van der Waals surface area (Å²) < 4.78 is 9.17. The van der Waals surface area contributed by atoms with Gasteiger partial charge in [0.15, 0.2) is 17.5 Å². The fourth-order valence-electron chi connectivity index (χ4n) is 8.26. The summed E-state index contributed by atoms with van der Waals surface area (Å²) in [6.07, 6.45) is 0. The van der Waals surface area contributed by atoms with Crippen molar-refractivity contribution in [3.63, 3.8) is 0 Å². The van der Waals surface area contributed by atoms with Gasteiger partial charge in [-0.05, 0) is 46.2 Å². The van der Waals surface area contributed by atoms with E-state index < -0.39 is 0 Å². The number of pyridine rings is 1. The first-order valence-electron chi connectivity index (χ1n) is 19.3. The van der Waals surface area contributed by atoms with Crippen LogP contribution < -0.4 is 0 Å². The molecule has 4 aromatic heterocycles. The Morgan fingerprint density at radius 2 is 0.966 bits per heavy atom. The highest BCUT2D eigenvalue weighted by molar-refractivity contribution is 7.26. The van der Waals surface area contributed by atoms with Crippen LogP contribution in [0.5, 0.6) is 0 Å². The molecule has 0 aliphatic rings. The standard InChI is InChI=1S/C52H30N4OS/c1-2-11-33(12-3-1)50-54-51(34-25-21-31(22-26-34)38-17-10-18-40-39-15-7-9-20-45(39)58-49(38)40)56-52(55-50)35-27-23-32(24-28-35)47-46-41-16-6-8-19-44(41)57-48(46)42-29-36-13-4-5-14-37(36)30-43(42)53-47/h1-30H. The van der Waals surface area contributed by atoms with Gasteiger partial charge in [0.05, 0.1) is 16.6 Å². The predicted molar refractivity (Wildman–Crippen MR) is 240 cm³/mol. The number of furan rings is 1. The summed E-state index contributed by atoms with van der Waals surface area (Å²) in [5.74, 6) is 1.85. The van der Waals surface area contributed by atoms with Gasteiger partial charge in [-0.1, -0.05) is 158 Å². The van der Waals surface area contributed by atoms with Crippen LogP contribution in [-0.4, -0.2) is 19.9 Å². The molecule has 6 heteroatoms. The third-order valence-corrected chi connectivity index (χ3v) is 12.3. The van der Waals surface area contributed by atoms with E-state index >= 15 is 0 Å². The van der Waals surface area contributed by atoms with Crippen molar-refractivity contribution in [1.29, 1.82) is 0 Å². The van der Waals surface area contributed by atoms with E-state index in [0.717, 1.165) is 77.1 Å². The van der Waals surface area contributed by atoms with Crippen molar-refractivity contribution in [3.05, 3.63) is 182 Å². The van der Waals surface area contributed by atoms with Gasteiger partial charge in [0.25, 0.3) is 0 Å². The molecule has 8 aromatic carbocycles. The zero-order chi connectivity index (χ0) is 38.2. The summed E-state index contributed by atoms with van der Waals surface area (Å²) in [6.45, 7) is 0. The summed E-state index contributed by atoms with van der Waals surface area (Å²) in [5, 5.41) is 7.93. The number of rotatable bonds is 5. The lowest BCUT2D eigenvalue weighted by atomic mass is 9.99. The van der Waals surface area contributed by atoms with E-state index in [1.807, 2.05) is 53.8 Å². The lowest BCUT2D eigenvalue weighted by Gasteiger charge is -2.11. The quantitative estimate of drug-likeness (QED) is 0.164. The van der Waals surface area contributed by atoms with Gasteiger partial charge in [0.1, 0.15) is 11.2 Å². The van der Waals surface area contributed by atoms with Crippen molar-refractivity contribution in [3.8, 4) is 56.5 Å². The summed E-state index contributed by atoms with van der Waals surface area (Å²) >= 11 is 1.84. The van der Waals surface area contributed by atoms with Gasteiger partial charge in [-0.3, -0.25) is 0 Å². The molecular formula is C52H30N4OS. The maximum absolute atomic E-state index is 6.58. The van der Waals surface area contributed by atoms with Crippen molar-refractivity contribution in [2.24, 2.45) is 0 Å². The van der Waals surface area contributed by atoms with E-state index in [1.54, 1.807) is 0 Å². The molecule has 0 fully saturated rings. The Morgan fingerprint density at radius 3 is 1.71 bits per heavy atom. The molecule has 0 unspecified atom stereocenters. The SMILES string of the molecule is c1ccc(-c2nc(-c3ccc(-c4cccc5c4sc4ccccc45)cc3)nc(-c3ccc(-c4nc5cc6ccccc6cc5c5oc6ccccc6c45)cc3)n2)cc1. The number of benzene rings is 8. The molecule has 0 N–H and O–H groups in total. The Balaban J connectivity index is 0.964. The average molecular weight is 759 g/mol. The van der Waals surface area contributed by atoms with Gasteiger partial charge >= 0.3 is 0 Å². The van der Waals surface area contributed by atoms with Crippen LogP contribution in [0.2, 0.25) is 0 Å². The molecule has 58 heavy (non-hydrogen) atoms. The first-order valence-corrected chi connectivity index (χ1v) is 20.1. The van der Waals surface area contributed by atoms with Crippen LogP contribution in [0, 0.1) is 0 Å². The van der Waals surface area contributed by atoms with Gasteiger partial charge in [-0.25, -0.2) is 19.9 Å². The lowest BCUT2D eigenvalue weighted by Crippen LogP contribution is -2.00. The van der Waals surface area contributed by atoms with Crippen LogP contribution in [0.4, 0.5) is 0 Å². The molecule has 12 aromatic rings. The summed E-state index contributed by atoms with van der Waals surface area (Å²) in [7, 11) is 0. The molecule has 4 heterocycles. The normalized spacial score (nSPS) is 11.8. The molecule has 0 amide bonds. The van der Waals surface area contributed by atoms with Crippen LogP contribution in [-0.2, 0) is 0 Å². The number of aromatic nitrogens is 4. The van der Waals surface area contributed by atoms with Crippen molar-refractivity contribution >= 4 is 75.1 Å². The van der Waals surface area contributed by atoms with Gasteiger partial charge in [0, 0.05) is 53.2 Å². The third-order valence-electron chi connectivity index (χ3n) is 11.1. The maximum Gasteiger partial charge on any atom is 0.164 e. The van der Waals surface area contributed by atoms with Gasteiger partial charge in [-0.2, -0.15) is 0 Å². The highest BCUT2D eigenvalue weighted by Crippen LogP contribution is 2.42. The zero-order valence-corrected chi connectivity index (χ0v) is 31.7. The van der Waals surface area contributed by atoms with E-state index in [0.29, 0.717) is 17.5 Å². The Hall–Kier alpha value is -7.54. The molecule has 12 rings (SSSR count). The van der Waals surface area contributed by atoms with Crippen LogP contribution in [0.3, 0.4) is 0 Å².